The van der Waals surface area contributed by atoms with Crippen LogP contribution in [-0.4, -0.2) is 23.1 Å². The van der Waals surface area contributed by atoms with Gasteiger partial charge in [-0.25, -0.2) is 0 Å². The molecule has 0 aromatic carbocycles. The van der Waals surface area contributed by atoms with Crippen LogP contribution in [0.5, 0.6) is 0 Å². The van der Waals surface area contributed by atoms with Crippen molar-refractivity contribution in [3.63, 3.8) is 0 Å². The zero-order chi connectivity index (χ0) is 36.4. The van der Waals surface area contributed by atoms with E-state index >= 15 is 0 Å². The number of carboxylic acids is 1. The fourth-order valence-corrected chi connectivity index (χ4v) is 5.93. The summed E-state index contributed by atoms with van der Waals surface area (Å²) >= 11 is 0. The van der Waals surface area contributed by atoms with Gasteiger partial charge < -0.3 is 9.84 Å². The summed E-state index contributed by atoms with van der Waals surface area (Å²) in [6.07, 6.45) is 58.0. The molecule has 0 bridgehead atoms. The zero-order valence-corrected chi connectivity index (χ0v) is 32.7. The van der Waals surface area contributed by atoms with Crippen molar-refractivity contribution in [2.24, 2.45) is 0 Å². The molecule has 0 aliphatic heterocycles. The van der Waals surface area contributed by atoms with Gasteiger partial charge in [-0.3, -0.25) is 9.59 Å². The first-order valence-electron chi connectivity index (χ1n) is 20.9. The molecular formula is C46H78O4. The van der Waals surface area contributed by atoms with Crippen molar-refractivity contribution in [2.45, 2.75) is 206 Å². The van der Waals surface area contributed by atoms with E-state index in [0.29, 0.717) is 12.8 Å². The maximum Gasteiger partial charge on any atom is 0.307 e. The second-order valence-electron chi connectivity index (χ2n) is 13.8. The summed E-state index contributed by atoms with van der Waals surface area (Å²) in [6.45, 7) is 4.43. The van der Waals surface area contributed by atoms with Crippen LogP contribution in [0.25, 0.3) is 0 Å². The highest BCUT2D eigenvalue weighted by atomic mass is 16.5. The van der Waals surface area contributed by atoms with Crippen LogP contribution >= 0.6 is 0 Å². The molecule has 4 heteroatoms. The molecule has 0 saturated heterocycles. The molecule has 0 amide bonds. The Balaban J connectivity index is 3.77. The summed E-state index contributed by atoms with van der Waals surface area (Å²) < 4.78 is 5.55. The number of carbonyl (C=O) groups excluding carboxylic acids is 1. The molecule has 0 aliphatic rings. The van der Waals surface area contributed by atoms with Crippen LogP contribution in [0.2, 0.25) is 0 Å². The fraction of sp³-hybridized carbons (Fsp3) is 0.696. The Morgan fingerprint density at radius 1 is 0.480 bits per heavy atom. The van der Waals surface area contributed by atoms with Gasteiger partial charge in [0, 0.05) is 6.42 Å². The lowest BCUT2D eigenvalue weighted by Gasteiger charge is -2.16. The van der Waals surface area contributed by atoms with E-state index in [4.69, 9.17) is 4.74 Å². The summed E-state index contributed by atoms with van der Waals surface area (Å²) in [4.78, 5) is 23.7. The summed E-state index contributed by atoms with van der Waals surface area (Å²) in [5, 5.41) is 9.28. The van der Waals surface area contributed by atoms with E-state index in [0.717, 1.165) is 51.4 Å². The van der Waals surface area contributed by atoms with E-state index in [9.17, 15) is 14.7 Å². The van der Waals surface area contributed by atoms with Gasteiger partial charge in [0.25, 0.3) is 0 Å². The Labute approximate surface area is 309 Å². The Morgan fingerprint density at radius 2 is 0.820 bits per heavy atom. The molecule has 0 saturated carbocycles. The van der Waals surface area contributed by atoms with E-state index < -0.39 is 12.1 Å². The highest BCUT2D eigenvalue weighted by Crippen LogP contribution is 2.17. The van der Waals surface area contributed by atoms with Crippen LogP contribution in [-0.2, 0) is 14.3 Å². The maximum absolute atomic E-state index is 12.3. The third kappa shape index (κ3) is 39.8. The van der Waals surface area contributed by atoms with Crippen molar-refractivity contribution in [1.29, 1.82) is 0 Å². The van der Waals surface area contributed by atoms with E-state index in [2.05, 4.69) is 80.7 Å². The van der Waals surface area contributed by atoms with Crippen molar-refractivity contribution in [2.75, 3.05) is 0 Å². The van der Waals surface area contributed by atoms with Gasteiger partial charge >= 0.3 is 11.9 Å². The number of aliphatic carboxylic acids is 1. The van der Waals surface area contributed by atoms with Gasteiger partial charge in [0.05, 0.1) is 6.42 Å². The molecule has 286 valence electrons. The van der Waals surface area contributed by atoms with Crippen LogP contribution < -0.4 is 0 Å². The minimum atomic E-state index is -0.905. The molecule has 0 rings (SSSR count). The molecule has 50 heavy (non-hydrogen) atoms. The number of hydrogen-bond acceptors (Lipinski definition) is 3. The Hall–Kier alpha value is -2.62. The molecule has 1 N–H and O–H groups in total. The maximum atomic E-state index is 12.3. The third-order valence-corrected chi connectivity index (χ3v) is 8.94. The molecule has 0 aliphatic carbocycles. The third-order valence-electron chi connectivity index (χ3n) is 8.94. The molecule has 0 aromatic rings. The van der Waals surface area contributed by atoms with E-state index in [1.165, 1.54) is 109 Å². The summed E-state index contributed by atoms with van der Waals surface area (Å²) in [5.41, 5.74) is 0. The first-order chi connectivity index (χ1) is 24.6. The Morgan fingerprint density at radius 3 is 1.18 bits per heavy atom. The molecule has 0 fully saturated rings. The highest BCUT2D eigenvalue weighted by Gasteiger charge is 2.17. The first-order valence-corrected chi connectivity index (χ1v) is 20.9. The topological polar surface area (TPSA) is 63.6 Å². The van der Waals surface area contributed by atoms with Crippen molar-refractivity contribution >= 4 is 11.9 Å². The lowest BCUT2D eigenvalue weighted by molar-refractivity contribution is -0.153. The number of rotatable bonds is 37. The van der Waals surface area contributed by atoms with Gasteiger partial charge in [-0.1, -0.05) is 202 Å². The number of carbonyl (C=O) groups is 2. The molecule has 0 heterocycles. The average Bonchev–Trinajstić information content (AvgIpc) is 3.10. The number of carboxylic acid groups (broad SMARTS) is 1. The summed E-state index contributed by atoms with van der Waals surface area (Å²) in [7, 11) is 0. The molecule has 0 spiro atoms. The van der Waals surface area contributed by atoms with Crippen molar-refractivity contribution in [3.8, 4) is 0 Å². The minimum Gasteiger partial charge on any atom is -0.481 e. The monoisotopic (exact) mass is 695 g/mol. The first kappa shape index (κ1) is 47.4. The number of ether oxygens (including phenoxy) is 1. The van der Waals surface area contributed by atoms with E-state index in [1.54, 1.807) is 0 Å². The number of allylic oxidation sites excluding steroid dienone is 12. The number of unbranched alkanes of at least 4 members (excludes halogenated alkanes) is 18. The van der Waals surface area contributed by atoms with Gasteiger partial charge in [-0.15, -0.1) is 0 Å². The van der Waals surface area contributed by atoms with Gasteiger partial charge in [0.15, 0.2) is 0 Å². The van der Waals surface area contributed by atoms with Crippen molar-refractivity contribution in [3.05, 3.63) is 72.9 Å². The lowest BCUT2D eigenvalue weighted by Crippen LogP contribution is -2.21. The highest BCUT2D eigenvalue weighted by molar-refractivity contribution is 5.71. The van der Waals surface area contributed by atoms with Gasteiger partial charge in [-0.05, 0) is 57.8 Å². The number of esters is 1. The fourth-order valence-electron chi connectivity index (χ4n) is 5.93. The Kier molecular flexibility index (Phi) is 38.7. The molecular weight excluding hydrogens is 617 g/mol. The van der Waals surface area contributed by atoms with Crippen LogP contribution in [0.4, 0.5) is 0 Å². The minimum absolute atomic E-state index is 0.106. The molecule has 0 radical (unpaired) electrons. The standard InChI is InChI=1S/C46H78O4/c1-3-5-7-9-11-13-15-17-19-21-23-25-27-29-31-33-35-37-39-41-44(43-45(47)48)50-46(49)42-40-38-36-34-32-30-28-26-24-22-20-18-16-14-12-10-8-6-4-2/h6,8,12,14,18,20,24,26,30,32,36,38,44H,3-5,7,9-11,13,15-17,19,21-23,25,27-29,31,33-35,37,39-43H2,1-2H3,(H,47,48)/b8-6-,14-12-,20-18-,26-24-,32-30-,38-36-. The lowest BCUT2D eigenvalue weighted by atomic mass is 10.0. The molecule has 1 atom stereocenters. The second kappa shape index (κ2) is 40.8. The Bertz CT molecular complexity index is 922. The molecule has 0 aromatic heterocycles. The van der Waals surface area contributed by atoms with Crippen molar-refractivity contribution in [1.82, 2.24) is 0 Å². The van der Waals surface area contributed by atoms with E-state index in [1.807, 2.05) is 6.08 Å². The van der Waals surface area contributed by atoms with Crippen LogP contribution in [0.3, 0.4) is 0 Å². The molecule has 1 unspecified atom stereocenters. The summed E-state index contributed by atoms with van der Waals surface area (Å²) in [6, 6.07) is 0. The smallest absolute Gasteiger partial charge is 0.307 e. The largest absolute Gasteiger partial charge is 0.481 e. The SMILES string of the molecule is CC/C=C\C/C=C\C/C=C\C/C=C\C/C=C\C/C=C\CCC(=O)OC(CCCCCCCCCCCCCCCCCCCCC)CC(=O)O. The van der Waals surface area contributed by atoms with Gasteiger partial charge in [0.2, 0.25) is 0 Å². The zero-order valence-electron chi connectivity index (χ0n) is 32.7. The van der Waals surface area contributed by atoms with Crippen molar-refractivity contribution < 1.29 is 19.4 Å². The van der Waals surface area contributed by atoms with Gasteiger partial charge in [0.1, 0.15) is 6.10 Å². The van der Waals surface area contributed by atoms with Gasteiger partial charge in [-0.2, -0.15) is 0 Å². The average molecular weight is 695 g/mol. The normalized spacial score (nSPS) is 13.0. The second-order valence-corrected chi connectivity index (χ2v) is 13.8. The number of hydrogen-bond donors (Lipinski definition) is 1. The quantitative estimate of drug-likeness (QED) is 0.0399. The predicted octanol–water partition coefficient (Wildman–Crippen LogP) is 14.7. The van der Waals surface area contributed by atoms with Crippen LogP contribution in [0, 0.1) is 0 Å². The summed E-state index contributed by atoms with van der Waals surface area (Å²) in [5.74, 6) is -1.20. The van der Waals surface area contributed by atoms with Crippen LogP contribution in [0.1, 0.15) is 200 Å². The van der Waals surface area contributed by atoms with E-state index in [-0.39, 0.29) is 18.8 Å². The molecule has 4 nitrogen and oxygen atoms in total. The van der Waals surface area contributed by atoms with Crippen LogP contribution in [0.15, 0.2) is 72.9 Å². The predicted molar refractivity (Wildman–Crippen MR) is 218 cm³/mol.